The summed E-state index contributed by atoms with van der Waals surface area (Å²) in [6.45, 7) is 0. The number of benzene rings is 1. The summed E-state index contributed by atoms with van der Waals surface area (Å²) in [5.41, 5.74) is -0.766. The molecule has 0 radical (unpaired) electrons. The third-order valence-electron chi connectivity index (χ3n) is 1.54. The number of rotatable bonds is 2. The first kappa shape index (κ1) is 9.05. The maximum Gasteiger partial charge on any atom is 0.336 e. The summed E-state index contributed by atoms with van der Waals surface area (Å²) in [6.07, 6.45) is 0.179. The van der Waals surface area contributed by atoms with Gasteiger partial charge in [0.05, 0.1) is 11.1 Å². The molecule has 0 aliphatic heterocycles. The van der Waals surface area contributed by atoms with Crippen LogP contribution in [0.3, 0.4) is 0 Å². The second kappa shape index (κ2) is 3.14. The van der Waals surface area contributed by atoms with Crippen LogP contribution in [0, 0.1) is 0 Å². The second-order valence-corrected chi connectivity index (χ2v) is 2.32. The predicted octanol–water partition coefficient (Wildman–Crippen LogP) is 0.608. The highest BCUT2D eigenvalue weighted by Gasteiger charge is 2.15. The van der Waals surface area contributed by atoms with E-state index in [4.69, 9.17) is 15.3 Å². The Hall–Kier alpha value is -2.04. The number of carbonyl (C=O) groups is 2. The molecule has 0 heterocycles. The lowest BCUT2D eigenvalue weighted by Gasteiger charge is -2.03. The Bertz CT molecular complexity index is 369. The maximum atomic E-state index is 10.5. The molecule has 3 N–H and O–H groups in total. The monoisotopic (exact) mass is 182 g/mol. The van der Waals surface area contributed by atoms with E-state index in [-0.39, 0.29) is 11.8 Å². The molecule has 5 nitrogen and oxygen atoms in total. The Kier molecular flexibility index (Phi) is 2.19. The fourth-order valence-electron chi connectivity index (χ4n) is 0.902. The van der Waals surface area contributed by atoms with Crippen molar-refractivity contribution < 1.29 is 24.9 Å². The van der Waals surface area contributed by atoms with Crippen LogP contribution >= 0.6 is 0 Å². The standard InChI is InChI=1S/C8H6O5/c9-3-5-4(8(12)13)1-2-6(10)7(5)11/h1-3,10-11H,(H,12,13). The molecule has 0 fully saturated rings. The van der Waals surface area contributed by atoms with Gasteiger partial charge >= 0.3 is 5.97 Å². The van der Waals surface area contributed by atoms with E-state index in [1.807, 2.05) is 0 Å². The summed E-state index contributed by atoms with van der Waals surface area (Å²) >= 11 is 0. The van der Waals surface area contributed by atoms with Crippen LogP contribution < -0.4 is 0 Å². The highest BCUT2D eigenvalue weighted by atomic mass is 16.4. The molecule has 0 bridgehead atoms. The molecule has 1 aromatic rings. The highest BCUT2D eigenvalue weighted by molar-refractivity contribution is 5.99. The molecule has 0 atom stereocenters. The van der Waals surface area contributed by atoms with Gasteiger partial charge in [-0.2, -0.15) is 0 Å². The molecule has 13 heavy (non-hydrogen) atoms. The van der Waals surface area contributed by atoms with Crippen molar-refractivity contribution in [1.29, 1.82) is 0 Å². The Morgan fingerprint density at radius 1 is 1.31 bits per heavy atom. The van der Waals surface area contributed by atoms with E-state index >= 15 is 0 Å². The summed E-state index contributed by atoms with van der Waals surface area (Å²) < 4.78 is 0. The number of carboxylic acid groups (broad SMARTS) is 1. The van der Waals surface area contributed by atoms with Crippen LogP contribution in [0.4, 0.5) is 0 Å². The van der Waals surface area contributed by atoms with E-state index in [2.05, 4.69) is 0 Å². The Labute approximate surface area is 72.9 Å². The summed E-state index contributed by atoms with van der Waals surface area (Å²) in [6, 6.07) is 2.05. The van der Waals surface area contributed by atoms with Gasteiger partial charge in [0, 0.05) is 0 Å². The number of carboxylic acids is 1. The number of hydrogen-bond acceptors (Lipinski definition) is 4. The summed E-state index contributed by atoms with van der Waals surface area (Å²) in [7, 11) is 0. The molecule has 0 unspecified atom stereocenters. The third-order valence-corrected chi connectivity index (χ3v) is 1.54. The van der Waals surface area contributed by atoms with E-state index in [0.29, 0.717) is 0 Å². The largest absolute Gasteiger partial charge is 0.504 e. The van der Waals surface area contributed by atoms with E-state index in [1.165, 1.54) is 0 Å². The molecule has 0 aliphatic rings. The molecule has 0 saturated heterocycles. The van der Waals surface area contributed by atoms with Crippen molar-refractivity contribution in [3.8, 4) is 11.5 Å². The van der Waals surface area contributed by atoms with Gasteiger partial charge in [-0.15, -0.1) is 0 Å². The Morgan fingerprint density at radius 2 is 1.92 bits per heavy atom. The van der Waals surface area contributed by atoms with Gasteiger partial charge in [0.15, 0.2) is 17.8 Å². The van der Waals surface area contributed by atoms with Crippen molar-refractivity contribution >= 4 is 12.3 Å². The first-order valence-electron chi connectivity index (χ1n) is 3.31. The van der Waals surface area contributed by atoms with Crippen molar-refractivity contribution in [2.45, 2.75) is 0 Å². The van der Waals surface area contributed by atoms with Crippen LogP contribution in [0.2, 0.25) is 0 Å². The van der Waals surface area contributed by atoms with Crippen molar-refractivity contribution in [2.75, 3.05) is 0 Å². The summed E-state index contributed by atoms with van der Waals surface area (Å²) in [5, 5.41) is 26.6. The van der Waals surface area contributed by atoms with Gasteiger partial charge in [-0.1, -0.05) is 0 Å². The average Bonchev–Trinajstić information content (AvgIpc) is 2.09. The molecule has 0 saturated carbocycles. The van der Waals surface area contributed by atoms with Gasteiger partial charge in [0.25, 0.3) is 0 Å². The van der Waals surface area contributed by atoms with Gasteiger partial charge < -0.3 is 15.3 Å². The SMILES string of the molecule is O=Cc1c(C(=O)O)ccc(O)c1O. The molecular formula is C8H6O5. The minimum absolute atomic E-state index is 0.179. The topological polar surface area (TPSA) is 94.8 Å². The third kappa shape index (κ3) is 1.44. The molecule has 0 aliphatic carbocycles. The highest BCUT2D eigenvalue weighted by Crippen LogP contribution is 2.29. The fourth-order valence-corrected chi connectivity index (χ4v) is 0.902. The molecule has 1 rings (SSSR count). The first-order valence-corrected chi connectivity index (χ1v) is 3.31. The molecule has 1 aromatic carbocycles. The van der Waals surface area contributed by atoms with E-state index < -0.39 is 23.0 Å². The number of hydrogen-bond donors (Lipinski definition) is 3. The molecule has 0 spiro atoms. The zero-order valence-electron chi connectivity index (χ0n) is 6.39. The van der Waals surface area contributed by atoms with E-state index in [1.54, 1.807) is 0 Å². The average molecular weight is 182 g/mol. The second-order valence-electron chi connectivity index (χ2n) is 2.32. The number of aromatic hydroxyl groups is 2. The summed E-state index contributed by atoms with van der Waals surface area (Å²) in [4.78, 5) is 20.9. The van der Waals surface area contributed by atoms with E-state index in [0.717, 1.165) is 12.1 Å². The van der Waals surface area contributed by atoms with Gasteiger partial charge in [0.2, 0.25) is 0 Å². The van der Waals surface area contributed by atoms with Crippen LogP contribution in [-0.2, 0) is 0 Å². The molecule has 5 heteroatoms. The van der Waals surface area contributed by atoms with Gasteiger partial charge in [-0.25, -0.2) is 4.79 Å². The lowest BCUT2D eigenvalue weighted by Crippen LogP contribution is -2.01. The van der Waals surface area contributed by atoms with Gasteiger partial charge in [-0.05, 0) is 12.1 Å². The van der Waals surface area contributed by atoms with Gasteiger partial charge in [-0.3, -0.25) is 4.79 Å². The van der Waals surface area contributed by atoms with Crippen molar-refractivity contribution in [1.82, 2.24) is 0 Å². The normalized spacial score (nSPS) is 9.54. The lowest BCUT2D eigenvalue weighted by atomic mass is 10.1. The number of aldehydes is 1. The first-order chi connectivity index (χ1) is 6.07. The van der Waals surface area contributed by atoms with Crippen LogP contribution in [0.1, 0.15) is 20.7 Å². The number of phenols is 2. The summed E-state index contributed by atoms with van der Waals surface area (Å²) in [5.74, 6) is -2.57. The van der Waals surface area contributed by atoms with Crippen molar-refractivity contribution in [3.05, 3.63) is 23.3 Å². The maximum absolute atomic E-state index is 10.5. The van der Waals surface area contributed by atoms with Crippen LogP contribution in [0.25, 0.3) is 0 Å². The van der Waals surface area contributed by atoms with Crippen molar-refractivity contribution in [3.63, 3.8) is 0 Å². The molecule has 0 amide bonds. The molecule has 68 valence electrons. The fraction of sp³-hybridized carbons (Fsp3) is 0. The minimum Gasteiger partial charge on any atom is -0.504 e. The Balaban J connectivity index is 3.47. The number of aromatic carboxylic acids is 1. The number of phenolic OH excluding ortho intramolecular Hbond substituents is 2. The van der Waals surface area contributed by atoms with Crippen LogP contribution in [-0.4, -0.2) is 27.6 Å². The Morgan fingerprint density at radius 3 is 2.38 bits per heavy atom. The minimum atomic E-state index is -1.34. The molecular weight excluding hydrogens is 176 g/mol. The zero-order valence-corrected chi connectivity index (χ0v) is 6.39. The van der Waals surface area contributed by atoms with E-state index in [9.17, 15) is 9.59 Å². The lowest BCUT2D eigenvalue weighted by molar-refractivity contribution is 0.0693. The van der Waals surface area contributed by atoms with Crippen molar-refractivity contribution in [2.24, 2.45) is 0 Å². The van der Waals surface area contributed by atoms with Crippen LogP contribution in [0.5, 0.6) is 11.5 Å². The quantitative estimate of drug-likeness (QED) is 0.460. The van der Waals surface area contributed by atoms with Gasteiger partial charge in [0.1, 0.15) is 0 Å². The zero-order chi connectivity index (χ0) is 10.0. The number of carbonyl (C=O) groups excluding carboxylic acids is 1. The predicted molar refractivity (Wildman–Crippen MR) is 42.1 cm³/mol. The smallest absolute Gasteiger partial charge is 0.336 e. The molecule has 0 aromatic heterocycles. The van der Waals surface area contributed by atoms with Crippen LogP contribution in [0.15, 0.2) is 12.1 Å².